The van der Waals surface area contributed by atoms with Crippen LogP contribution in [0.4, 0.5) is 0 Å². The molecule has 18 heavy (non-hydrogen) atoms. The summed E-state index contributed by atoms with van der Waals surface area (Å²) < 4.78 is 0. The smallest absolute Gasteiger partial charge is 0.160 e. The van der Waals surface area contributed by atoms with Gasteiger partial charge in [-0.15, -0.1) is 0 Å². The molecule has 1 heterocycles. The van der Waals surface area contributed by atoms with Gasteiger partial charge < -0.3 is 0 Å². The van der Waals surface area contributed by atoms with E-state index in [0.29, 0.717) is 6.61 Å². The van der Waals surface area contributed by atoms with Crippen molar-refractivity contribution in [2.45, 2.75) is 57.8 Å². The summed E-state index contributed by atoms with van der Waals surface area (Å²) in [5.41, 5.74) is 0. The molecule has 0 saturated carbocycles. The lowest BCUT2D eigenvalue weighted by molar-refractivity contribution is -0.750. The van der Waals surface area contributed by atoms with Gasteiger partial charge in [-0.25, -0.2) is 4.89 Å². The van der Waals surface area contributed by atoms with Crippen molar-refractivity contribution in [2.75, 3.05) is 6.61 Å². The molecule has 104 valence electrons. The average molecular weight is 260 g/mol. The zero-order valence-corrected chi connectivity index (χ0v) is 10.5. The molecule has 0 aliphatic carbocycles. The minimum absolute atomic E-state index is 0.448. The Morgan fingerprint density at radius 3 is 2.11 bits per heavy atom. The fourth-order valence-corrected chi connectivity index (χ4v) is 1.62. The van der Waals surface area contributed by atoms with Crippen molar-refractivity contribution in [2.24, 2.45) is 0 Å². The Morgan fingerprint density at radius 1 is 0.611 bits per heavy atom. The van der Waals surface area contributed by atoms with E-state index in [-0.39, 0.29) is 0 Å². The van der Waals surface area contributed by atoms with Gasteiger partial charge in [0, 0.05) is 16.5 Å². The maximum Gasteiger partial charge on any atom is 0.160 e. The SMILES string of the molecule is C1#COOOOOOCCCCCCCCCC1. The third-order valence-corrected chi connectivity index (χ3v) is 2.56. The summed E-state index contributed by atoms with van der Waals surface area (Å²) in [6.45, 7) is 0.448. The maximum atomic E-state index is 4.66. The van der Waals surface area contributed by atoms with Crippen LogP contribution in [0.5, 0.6) is 0 Å². The van der Waals surface area contributed by atoms with E-state index < -0.39 is 0 Å². The topological polar surface area (TPSA) is 55.4 Å². The lowest BCUT2D eigenvalue weighted by atomic mass is 10.1. The van der Waals surface area contributed by atoms with Crippen LogP contribution in [0.15, 0.2) is 0 Å². The Morgan fingerprint density at radius 2 is 1.28 bits per heavy atom. The van der Waals surface area contributed by atoms with Gasteiger partial charge in [0.1, 0.15) is 0 Å². The van der Waals surface area contributed by atoms with Crippen molar-refractivity contribution in [3.8, 4) is 12.0 Å². The van der Waals surface area contributed by atoms with Crippen LogP contribution < -0.4 is 0 Å². The number of hydrogen-bond acceptors (Lipinski definition) is 6. The third-order valence-electron chi connectivity index (χ3n) is 2.56. The van der Waals surface area contributed by atoms with Crippen LogP contribution in [0.25, 0.3) is 0 Å². The molecule has 0 spiro atoms. The predicted molar refractivity (Wildman–Crippen MR) is 60.7 cm³/mol. The first kappa shape index (κ1) is 15.2. The van der Waals surface area contributed by atoms with Gasteiger partial charge in [0.25, 0.3) is 0 Å². The summed E-state index contributed by atoms with van der Waals surface area (Å²) in [6, 6.07) is 0. The van der Waals surface area contributed by atoms with Gasteiger partial charge >= 0.3 is 0 Å². The lowest BCUT2D eigenvalue weighted by Gasteiger charge is -2.02. The van der Waals surface area contributed by atoms with Crippen molar-refractivity contribution in [3.05, 3.63) is 0 Å². The Balaban J connectivity index is 2.09. The van der Waals surface area contributed by atoms with Gasteiger partial charge in [-0.05, 0) is 22.9 Å². The van der Waals surface area contributed by atoms with Gasteiger partial charge in [0.15, 0.2) is 6.11 Å². The van der Waals surface area contributed by atoms with E-state index >= 15 is 0 Å². The molecule has 1 aliphatic heterocycles. The standard InChI is InChI=1S/C12H20O6/c1-2-4-6-8-10-12-14-16-18-17-15-13-11-9-7-5-3-1/h1-9,11H2. The van der Waals surface area contributed by atoms with Crippen LogP contribution in [-0.2, 0) is 29.9 Å². The van der Waals surface area contributed by atoms with E-state index in [1.165, 1.54) is 32.1 Å². The molecule has 6 nitrogen and oxygen atoms in total. The lowest BCUT2D eigenvalue weighted by Crippen LogP contribution is -2.00. The fraction of sp³-hybridized carbons (Fsp3) is 0.833. The summed E-state index contributed by atoms with van der Waals surface area (Å²) in [7, 11) is 0. The second-order valence-corrected chi connectivity index (χ2v) is 4.03. The van der Waals surface area contributed by atoms with Crippen molar-refractivity contribution < 1.29 is 29.9 Å². The third kappa shape index (κ3) is 10.3. The van der Waals surface area contributed by atoms with E-state index in [0.717, 1.165) is 25.7 Å². The Labute approximate surface area is 107 Å². The summed E-state index contributed by atoms with van der Waals surface area (Å²) in [5.74, 6) is 2.78. The second-order valence-electron chi connectivity index (χ2n) is 4.03. The zero-order valence-electron chi connectivity index (χ0n) is 10.5. The van der Waals surface area contributed by atoms with Gasteiger partial charge in [0.2, 0.25) is 0 Å². The van der Waals surface area contributed by atoms with Gasteiger partial charge in [-0.3, -0.25) is 4.89 Å². The monoisotopic (exact) mass is 260 g/mol. The minimum atomic E-state index is 0.448. The molecule has 0 radical (unpaired) electrons. The number of hydrogen-bond donors (Lipinski definition) is 0. The summed E-state index contributed by atoms with van der Waals surface area (Å²) in [5, 5.41) is 16.3. The summed E-state index contributed by atoms with van der Waals surface area (Å²) >= 11 is 0. The molecule has 0 unspecified atom stereocenters. The normalized spacial score (nSPS) is 21.8. The van der Waals surface area contributed by atoms with Crippen LogP contribution in [0.3, 0.4) is 0 Å². The van der Waals surface area contributed by atoms with E-state index in [1.54, 1.807) is 0 Å². The highest BCUT2D eigenvalue weighted by Gasteiger charge is 1.95. The largest absolute Gasteiger partial charge is 0.250 e. The predicted octanol–water partition coefficient (Wildman–Crippen LogP) is 3.15. The molecule has 1 aliphatic rings. The first-order valence-corrected chi connectivity index (χ1v) is 6.43. The average Bonchev–Trinajstić information content (AvgIpc) is 2.39. The molecule has 0 aromatic rings. The molecule has 6 heteroatoms. The first-order chi connectivity index (χ1) is 9.00. The molecule has 0 aromatic carbocycles. The Kier molecular flexibility index (Phi) is 10.7. The highest BCUT2D eigenvalue weighted by atomic mass is 17.8. The summed E-state index contributed by atoms with van der Waals surface area (Å²) in [4.78, 5) is 9.00. The highest BCUT2D eigenvalue weighted by Crippen LogP contribution is 2.09. The van der Waals surface area contributed by atoms with E-state index in [4.69, 9.17) is 0 Å². The molecule has 0 bridgehead atoms. The highest BCUT2D eigenvalue weighted by molar-refractivity contribution is 4.89. The molecule has 0 aromatic heterocycles. The van der Waals surface area contributed by atoms with Crippen LogP contribution >= 0.6 is 0 Å². The quantitative estimate of drug-likeness (QED) is 0.492. The van der Waals surface area contributed by atoms with E-state index in [2.05, 4.69) is 42.0 Å². The molecule has 0 saturated heterocycles. The Hall–Kier alpha value is -0.840. The fourth-order valence-electron chi connectivity index (χ4n) is 1.62. The van der Waals surface area contributed by atoms with Gasteiger partial charge in [0.05, 0.1) is 6.61 Å². The second kappa shape index (κ2) is 12.6. The number of rotatable bonds is 0. The van der Waals surface area contributed by atoms with Crippen molar-refractivity contribution in [1.82, 2.24) is 0 Å². The molecule has 0 N–H and O–H groups in total. The molecular weight excluding hydrogens is 240 g/mol. The first-order valence-electron chi connectivity index (χ1n) is 6.43. The van der Waals surface area contributed by atoms with Crippen molar-refractivity contribution in [3.63, 3.8) is 0 Å². The minimum Gasteiger partial charge on any atom is -0.250 e. The van der Waals surface area contributed by atoms with Crippen LogP contribution in [-0.4, -0.2) is 6.61 Å². The molecule has 0 atom stereocenters. The van der Waals surface area contributed by atoms with E-state index in [1.807, 2.05) is 0 Å². The Bertz CT molecular complexity index is 212. The molecule has 0 fully saturated rings. The van der Waals surface area contributed by atoms with Gasteiger partial charge in [-0.2, -0.15) is 0 Å². The van der Waals surface area contributed by atoms with Crippen LogP contribution in [0.2, 0.25) is 0 Å². The maximum absolute atomic E-state index is 4.66. The van der Waals surface area contributed by atoms with E-state index in [9.17, 15) is 0 Å². The zero-order chi connectivity index (χ0) is 12.7. The van der Waals surface area contributed by atoms with Crippen LogP contribution in [0.1, 0.15) is 57.8 Å². The molecule has 1 rings (SSSR count). The molecular formula is C12H20O6. The van der Waals surface area contributed by atoms with Crippen molar-refractivity contribution >= 4 is 0 Å². The summed E-state index contributed by atoms with van der Waals surface area (Å²) in [6.07, 6.45) is 12.4. The van der Waals surface area contributed by atoms with Gasteiger partial charge in [-0.1, -0.05) is 44.4 Å². The molecule has 0 amide bonds. The van der Waals surface area contributed by atoms with Crippen molar-refractivity contribution in [1.29, 1.82) is 0 Å². The van der Waals surface area contributed by atoms with Crippen LogP contribution in [0, 0.1) is 12.0 Å².